The monoisotopic (exact) mass is 318 g/mol. The molecule has 0 amide bonds. The zero-order valence-corrected chi connectivity index (χ0v) is 14.1. The molecular weight excluding hydrogens is 292 g/mol. The van der Waals surface area contributed by atoms with Crippen molar-refractivity contribution in [3.63, 3.8) is 0 Å². The first-order valence-electron chi connectivity index (χ1n) is 7.52. The zero-order valence-electron chi connectivity index (χ0n) is 13.3. The Balaban J connectivity index is 2.17. The Labute approximate surface area is 127 Å². The summed E-state index contributed by atoms with van der Waals surface area (Å²) < 4.78 is 32.1. The van der Waals surface area contributed by atoms with Crippen LogP contribution < -0.4 is 0 Å². The van der Waals surface area contributed by atoms with E-state index in [4.69, 9.17) is 4.74 Å². The van der Waals surface area contributed by atoms with Gasteiger partial charge in [-0.05, 0) is 32.9 Å². The second-order valence-electron chi connectivity index (χ2n) is 6.47. The average molecular weight is 318 g/mol. The van der Waals surface area contributed by atoms with Crippen molar-refractivity contribution < 1.29 is 17.9 Å². The molecule has 0 spiro atoms. The average Bonchev–Trinajstić information content (AvgIpc) is 3.04. The molecule has 2 fully saturated rings. The van der Waals surface area contributed by atoms with Crippen LogP contribution in [-0.4, -0.2) is 69.2 Å². The molecule has 0 bridgehead atoms. The van der Waals surface area contributed by atoms with E-state index in [-0.39, 0.29) is 6.04 Å². The number of carbonyl (C=O) groups is 1. The van der Waals surface area contributed by atoms with Gasteiger partial charge in [0.05, 0.1) is 18.3 Å². The van der Waals surface area contributed by atoms with Gasteiger partial charge in [-0.25, -0.2) is 8.42 Å². The molecule has 2 aliphatic rings. The summed E-state index contributed by atoms with van der Waals surface area (Å²) >= 11 is 0. The molecule has 122 valence electrons. The van der Waals surface area contributed by atoms with Crippen LogP contribution >= 0.6 is 0 Å². The smallest absolute Gasteiger partial charge is 0.310 e. The van der Waals surface area contributed by atoms with E-state index in [0.717, 1.165) is 6.42 Å². The number of likely N-dealkylation sites (N-methyl/N-ethyl adjacent to an activating group) is 1. The van der Waals surface area contributed by atoms with Gasteiger partial charge in [0.2, 0.25) is 10.0 Å². The SMILES string of the molecule is COC(=O)C1CCCC1S(=O)(=O)N1CC(C)C(N(C)C)C1. The van der Waals surface area contributed by atoms with Crippen LogP contribution in [0.25, 0.3) is 0 Å². The predicted molar refractivity (Wildman–Crippen MR) is 80.3 cm³/mol. The van der Waals surface area contributed by atoms with Crippen LogP contribution in [0.2, 0.25) is 0 Å². The lowest BCUT2D eigenvalue weighted by molar-refractivity contribution is -0.145. The van der Waals surface area contributed by atoms with Gasteiger partial charge in [0.25, 0.3) is 0 Å². The van der Waals surface area contributed by atoms with Crippen LogP contribution in [0.1, 0.15) is 26.2 Å². The Hall–Kier alpha value is -0.660. The molecule has 1 saturated carbocycles. The number of rotatable bonds is 4. The van der Waals surface area contributed by atoms with Gasteiger partial charge in [-0.1, -0.05) is 13.3 Å². The molecule has 1 heterocycles. The lowest BCUT2D eigenvalue weighted by Gasteiger charge is -2.25. The van der Waals surface area contributed by atoms with Gasteiger partial charge in [-0.15, -0.1) is 0 Å². The number of nitrogens with zero attached hydrogens (tertiary/aromatic N) is 2. The molecule has 0 radical (unpaired) electrons. The lowest BCUT2D eigenvalue weighted by atomic mass is 10.1. The van der Waals surface area contributed by atoms with Crippen molar-refractivity contribution in [3.8, 4) is 0 Å². The number of carbonyl (C=O) groups excluding carboxylic acids is 1. The third-order valence-corrected chi connectivity index (χ3v) is 7.25. The van der Waals surface area contributed by atoms with E-state index >= 15 is 0 Å². The standard InChI is InChI=1S/C14H26N2O4S/c1-10-8-16(9-12(10)15(2)3)21(18,19)13-7-5-6-11(13)14(17)20-4/h10-13H,5-9H2,1-4H3. The normalized spacial score (nSPS) is 34.5. The summed E-state index contributed by atoms with van der Waals surface area (Å²) in [5.74, 6) is -0.598. The summed E-state index contributed by atoms with van der Waals surface area (Å²) in [6.07, 6.45) is 1.93. The lowest BCUT2D eigenvalue weighted by Crippen LogP contribution is -2.42. The molecule has 0 aromatic carbocycles. The van der Waals surface area contributed by atoms with Crippen molar-refractivity contribution in [1.29, 1.82) is 0 Å². The van der Waals surface area contributed by atoms with Crippen LogP contribution in [0.3, 0.4) is 0 Å². The number of ether oxygens (including phenoxy) is 1. The quantitative estimate of drug-likeness (QED) is 0.708. The molecule has 0 N–H and O–H groups in total. The third kappa shape index (κ3) is 3.10. The molecule has 0 aromatic rings. The molecule has 1 aliphatic heterocycles. The largest absolute Gasteiger partial charge is 0.469 e. The van der Waals surface area contributed by atoms with E-state index in [2.05, 4.69) is 11.8 Å². The fraction of sp³-hybridized carbons (Fsp3) is 0.929. The maximum absolute atomic E-state index is 12.9. The van der Waals surface area contributed by atoms with Crippen molar-refractivity contribution in [2.45, 2.75) is 37.5 Å². The maximum atomic E-state index is 12.9. The second-order valence-corrected chi connectivity index (χ2v) is 8.62. The number of esters is 1. The maximum Gasteiger partial charge on any atom is 0.310 e. The summed E-state index contributed by atoms with van der Waals surface area (Å²) in [4.78, 5) is 13.9. The Kier molecular flexibility index (Phi) is 4.95. The first kappa shape index (κ1) is 16.7. The molecular formula is C14H26N2O4S. The minimum atomic E-state index is -3.44. The highest BCUT2D eigenvalue weighted by molar-refractivity contribution is 7.89. The molecule has 4 unspecified atom stereocenters. The van der Waals surface area contributed by atoms with E-state index in [1.165, 1.54) is 7.11 Å². The fourth-order valence-corrected chi connectivity index (χ4v) is 5.99. The summed E-state index contributed by atoms with van der Waals surface area (Å²) in [6.45, 7) is 3.13. The Morgan fingerprint density at radius 1 is 1.24 bits per heavy atom. The molecule has 1 saturated heterocycles. The highest BCUT2D eigenvalue weighted by Crippen LogP contribution is 2.36. The Morgan fingerprint density at radius 2 is 1.90 bits per heavy atom. The van der Waals surface area contributed by atoms with Crippen molar-refractivity contribution in [2.24, 2.45) is 11.8 Å². The van der Waals surface area contributed by atoms with Crippen molar-refractivity contribution in [1.82, 2.24) is 9.21 Å². The van der Waals surface area contributed by atoms with Crippen molar-refractivity contribution in [2.75, 3.05) is 34.3 Å². The topological polar surface area (TPSA) is 66.9 Å². The van der Waals surface area contributed by atoms with Crippen LogP contribution in [0, 0.1) is 11.8 Å². The van der Waals surface area contributed by atoms with Crippen LogP contribution in [0.5, 0.6) is 0 Å². The second kappa shape index (κ2) is 6.22. The third-order valence-electron chi connectivity index (χ3n) is 4.90. The first-order valence-corrected chi connectivity index (χ1v) is 9.02. The molecule has 1 aliphatic carbocycles. The Bertz CT molecular complexity index is 491. The molecule has 6 nitrogen and oxygen atoms in total. The fourth-order valence-electron chi connectivity index (χ4n) is 3.68. The summed E-state index contributed by atoms with van der Waals surface area (Å²) in [5.41, 5.74) is 0. The van der Waals surface area contributed by atoms with E-state index in [0.29, 0.717) is 31.8 Å². The van der Waals surface area contributed by atoms with E-state index in [9.17, 15) is 13.2 Å². The van der Waals surface area contributed by atoms with Gasteiger partial charge in [-0.3, -0.25) is 4.79 Å². The highest BCUT2D eigenvalue weighted by Gasteiger charge is 2.47. The van der Waals surface area contributed by atoms with Gasteiger partial charge in [0.1, 0.15) is 0 Å². The van der Waals surface area contributed by atoms with Crippen LogP contribution in [0.15, 0.2) is 0 Å². The van der Waals surface area contributed by atoms with E-state index in [1.54, 1.807) is 4.31 Å². The summed E-state index contributed by atoms with van der Waals surface area (Å²) in [5, 5.41) is -0.613. The van der Waals surface area contributed by atoms with Crippen LogP contribution in [0.4, 0.5) is 0 Å². The highest BCUT2D eigenvalue weighted by atomic mass is 32.2. The zero-order chi connectivity index (χ0) is 15.8. The minimum absolute atomic E-state index is 0.234. The van der Waals surface area contributed by atoms with Gasteiger partial charge in [0, 0.05) is 19.1 Å². The van der Waals surface area contributed by atoms with Gasteiger partial charge in [0.15, 0.2) is 0 Å². The molecule has 4 atom stereocenters. The number of hydrogen-bond donors (Lipinski definition) is 0. The van der Waals surface area contributed by atoms with Crippen LogP contribution in [-0.2, 0) is 19.6 Å². The van der Waals surface area contributed by atoms with E-state index < -0.39 is 27.2 Å². The van der Waals surface area contributed by atoms with Gasteiger partial charge in [-0.2, -0.15) is 4.31 Å². The first-order chi connectivity index (χ1) is 9.78. The van der Waals surface area contributed by atoms with Gasteiger partial charge >= 0.3 is 5.97 Å². The number of methoxy groups -OCH3 is 1. The molecule has 0 aromatic heterocycles. The molecule has 21 heavy (non-hydrogen) atoms. The minimum Gasteiger partial charge on any atom is -0.469 e. The van der Waals surface area contributed by atoms with Crippen molar-refractivity contribution >= 4 is 16.0 Å². The van der Waals surface area contributed by atoms with E-state index in [1.807, 2.05) is 14.1 Å². The Morgan fingerprint density at radius 3 is 2.43 bits per heavy atom. The number of hydrogen-bond acceptors (Lipinski definition) is 5. The van der Waals surface area contributed by atoms with Crippen molar-refractivity contribution in [3.05, 3.63) is 0 Å². The molecule has 7 heteroatoms. The number of sulfonamides is 1. The van der Waals surface area contributed by atoms with Gasteiger partial charge < -0.3 is 9.64 Å². The predicted octanol–water partition coefficient (Wildman–Crippen LogP) is 0.540. The summed E-state index contributed by atoms with van der Waals surface area (Å²) in [7, 11) is 1.84. The summed E-state index contributed by atoms with van der Waals surface area (Å²) in [6, 6.07) is 0.234. The molecule has 2 rings (SSSR count).